The highest BCUT2D eigenvalue weighted by molar-refractivity contribution is 7.91. The third-order valence-electron chi connectivity index (χ3n) is 4.76. The van der Waals surface area contributed by atoms with Crippen molar-refractivity contribution in [3.05, 3.63) is 0 Å². The summed E-state index contributed by atoms with van der Waals surface area (Å²) in [5.74, 6) is 1.09. The SMILES string of the molecule is CS(=O)(=O)C1CCCC(C(N)C2CCCC2)C1. The summed E-state index contributed by atoms with van der Waals surface area (Å²) in [5, 5.41) is -0.131. The fourth-order valence-electron chi connectivity index (χ4n) is 3.65. The van der Waals surface area contributed by atoms with Crippen LogP contribution in [0.1, 0.15) is 51.4 Å². The summed E-state index contributed by atoms with van der Waals surface area (Å²) in [4.78, 5) is 0. The molecule has 2 saturated carbocycles. The van der Waals surface area contributed by atoms with E-state index < -0.39 is 9.84 Å². The van der Waals surface area contributed by atoms with Crippen LogP contribution in [0.4, 0.5) is 0 Å². The Balaban J connectivity index is 1.96. The summed E-state index contributed by atoms with van der Waals surface area (Å²) >= 11 is 0. The molecule has 2 fully saturated rings. The van der Waals surface area contributed by atoms with Crippen LogP contribution < -0.4 is 5.73 Å². The molecule has 0 aromatic heterocycles. The van der Waals surface area contributed by atoms with E-state index in [1.54, 1.807) is 0 Å². The van der Waals surface area contributed by atoms with E-state index in [-0.39, 0.29) is 11.3 Å². The first-order valence-electron chi connectivity index (χ1n) is 6.93. The van der Waals surface area contributed by atoms with Crippen molar-refractivity contribution in [2.45, 2.75) is 62.7 Å². The molecule has 0 aromatic rings. The minimum Gasteiger partial charge on any atom is -0.327 e. The number of rotatable bonds is 3. The molecular weight excluding hydrogens is 234 g/mol. The lowest BCUT2D eigenvalue weighted by Crippen LogP contribution is -2.41. The summed E-state index contributed by atoms with van der Waals surface area (Å²) in [6, 6.07) is 0.238. The Morgan fingerprint density at radius 3 is 2.18 bits per heavy atom. The van der Waals surface area contributed by atoms with Crippen molar-refractivity contribution in [2.24, 2.45) is 17.6 Å². The molecule has 0 saturated heterocycles. The molecule has 0 amide bonds. The minimum atomic E-state index is -2.87. The van der Waals surface area contributed by atoms with Crippen molar-refractivity contribution in [1.82, 2.24) is 0 Å². The topological polar surface area (TPSA) is 60.2 Å². The summed E-state index contributed by atoms with van der Waals surface area (Å²) in [6.07, 6.45) is 10.3. The molecule has 2 rings (SSSR count). The van der Waals surface area contributed by atoms with Crippen LogP contribution in [-0.4, -0.2) is 26.0 Å². The Kier molecular flexibility index (Phi) is 4.14. The Bertz CT molecular complexity index is 346. The van der Waals surface area contributed by atoms with E-state index in [9.17, 15) is 8.42 Å². The highest BCUT2D eigenvalue weighted by atomic mass is 32.2. The van der Waals surface area contributed by atoms with Gasteiger partial charge in [-0.2, -0.15) is 0 Å². The monoisotopic (exact) mass is 259 g/mol. The van der Waals surface area contributed by atoms with E-state index >= 15 is 0 Å². The zero-order valence-corrected chi connectivity index (χ0v) is 11.6. The Hall–Kier alpha value is -0.0900. The Labute approximate surface area is 105 Å². The summed E-state index contributed by atoms with van der Waals surface area (Å²) in [5.41, 5.74) is 6.36. The van der Waals surface area contributed by atoms with Gasteiger partial charge in [-0.1, -0.05) is 19.3 Å². The zero-order chi connectivity index (χ0) is 12.5. The van der Waals surface area contributed by atoms with Crippen molar-refractivity contribution in [1.29, 1.82) is 0 Å². The Morgan fingerprint density at radius 1 is 1.00 bits per heavy atom. The number of nitrogens with two attached hydrogens (primary N) is 1. The lowest BCUT2D eigenvalue weighted by molar-refractivity contribution is 0.246. The van der Waals surface area contributed by atoms with Crippen LogP contribution in [0.3, 0.4) is 0 Å². The quantitative estimate of drug-likeness (QED) is 0.844. The van der Waals surface area contributed by atoms with Crippen LogP contribution in [0.5, 0.6) is 0 Å². The van der Waals surface area contributed by atoms with Crippen LogP contribution >= 0.6 is 0 Å². The van der Waals surface area contributed by atoms with Gasteiger partial charge in [0.25, 0.3) is 0 Å². The molecule has 100 valence electrons. The van der Waals surface area contributed by atoms with E-state index in [1.807, 2.05) is 0 Å². The number of hydrogen-bond donors (Lipinski definition) is 1. The third kappa shape index (κ3) is 3.22. The van der Waals surface area contributed by atoms with Gasteiger partial charge in [-0.3, -0.25) is 0 Å². The first-order chi connectivity index (χ1) is 7.98. The van der Waals surface area contributed by atoms with Crippen molar-refractivity contribution in [3.63, 3.8) is 0 Å². The molecule has 3 nitrogen and oxygen atoms in total. The molecule has 0 radical (unpaired) electrons. The first kappa shape index (κ1) is 13.3. The van der Waals surface area contributed by atoms with Crippen molar-refractivity contribution in [2.75, 3.05) is 6.26 Å². The van der Waals surface area contributed by atoms with Gasteiger partial charge in [0.2, 0.25) is 0 Å². The van der Waals surface area contributed by atoms with Gasteiger partial charge in [-0.15, -0.1) is 0 Å². The largest absolute Gasteiger partial charge is 0.327 e. The molecule has 0 aliphatic heterocycles. The standard InChI is InChI=1S/C13H25NO2S/c1-17(15,16)12-8-4-7-11(9-12)13(14)10-5-2-3-6-10/h10-13H,2-9,14H2,1H3. The highest BCUT2D eigenvalue weighted by Gasteiger charge is 2.35. The normalized spacial score (nSPS) is 33.8. The molecule has 2 aliphatic carbocycles. The fourth-order valence-corrected chi connectivity index (χ4v) is 4.84. The molecule has 2 aliphatic rings. The van der Waals surface area contributed by atoms with Gasteiger partial charge in [-0.05, 0) is 43.9 Å². The van der Waals surface area contributed by atoms with Crippen LogP contribution in [0.15, 0.2) is 0 Å². The van der Waals surface area contributed by atoms with E-state index in [0.29, 0.717) is 11.8 Å². The first-order valence-corrected chi connectivity index (χ1v) is 8.88. The van der Waals surface area contributed by atoms with Crippen molar-refractivity contribution < 1.29 is 8.42 Å². The maximum Gasteiger partial charge on any atom is 0.150 e. The van der Waals surface area contributed by atoms with Gasteiger partial charge in [0.05, 0.1) is 5.25 Å². The smallest absolute Gasteiger partial charge is 0.150 e. The molecular formula is C13H25NO2S. The van der Waals surface area contributed by atoms with Crippen LogP contribution in [0.25, 0.3) is 0 Å². The van der Waals surface area contributed by atoms with E-state index in [2.05, 4.69) is 0 Å². The third-order valence-corrected chi connectivity index (χ3v) is 6.40. The molecule has 3 unspecified atom stereocenters. The van der Waals surface area contributed by atoms with Gasteiger partial charge in [0.1, 0.15) is 9.84 Å². The average Bonchev–Trinajstić information content (AvgIpc) is 2.80. The van der Waals surface area contributed by atoms with Gasteiger partial charge in [0, 0.05) is 12.3 Å². The van der Waals surface area contributed by atoms with E-state index in [0.717, 1.165) is 25.7 Å². The molecule has 3 atom stereocenters. The van der Waals surface area contributed by atoms with Crippen molar-refractivity contribution in [3.8, 4) is 0 Å². The van der Waals surface area contributed by atoms with E-state index in [1.165, 1.54) is 31.9 Å². The molecule has 0 heterocycles. The summed E-state index contributed by atoms with van der Waals surface area (Å²) in [6.45, 7) is 0. The molecule has 17 heavy (non-hydrogen) atoms. The zero-order valence-electron chi connectivity index (χ0n) is 10.8. The number of hydrogen-bond acceptors (Lipinski definition) is 3. The highest BCUT2D eigenvalue weighted by Crippen LogP contribution is 2.36. The predicted octanol–water partition coefficient (Wildman–Crippen LogP) is 2.11. The summed E-state index contributed by atoms with van der Waals surface area (Å²) in [7, 11) is -2.87. The molecule has 0 spiro atoms. The van der Waals surface area contributed by atoms with Gasteiger partial charge in [-0.25, -0.2) is 8.42 Å². The predicted molar refractivity (Wildman–Crippen MR) is 70.5 cm³/mol. The van der Waals surface area contributed by atoms with Gasteiger partial charge in [0.15, 0.2) is 0 Å². The average molecular weight is 259 g/mol. The second kappa shape index (κ2) is 5.27. The molecule has 0 aromatic carbocycles. The second-order valence-corrected chi connectivity index (χ2v) is 8.33. The maximum absolute atomic E-state index is 11.6. The van der Waals surface area contributed by atoms with Crippen LogP contribution in [-0.2, 0) is 9.84 Å². The molecule has 2 N–H and O–H groups in total. The second-order valence-electron chi connectivity index (χ2n) is 6.00. The lowest BCUT2D eigenvalue weighted by Gasteiger charge is -2.34. The lowest BCUT2D eigenvalue weighted by atomic mass is 9.78. The minimum absolute atomic E-state index is 0.131. The molecule has 4 heteroatoms. The van der Waals surface area contributed by atoms with Crippen molar-refractivity contribution >= 4 is 9.84 Å². The van der Waals surface area contributed by atoms with E-state index in [4.69, 9.17) is 5.73 Å². The fraction of sp³-hybridized carbons (Fsp3) is 1.00. The Morgan fingerprint density at radius 2 is 1.59 bits per heavy atom. The molecule has 0 bridgehead atoms. The summed E-state index contributed by atoms with van der Waals surface area (Å²) < 4.78 is 23.3. The number of sulfone groups is 1. The van der Waals surface area contributed by atoms with Gasteiger partial charge >= 0.3 is 0 Å². The maximum atomic E-state index is 11.6. The van der Waals surface area contributed by atoms with Crippen LogP contribution in [0.2, 0.25) is 0 Å². The van der Waals surface area contributed by atoms with Gasteiger partial charge < -0.3 is 5.73 Å². The van der Waals surface area contributed by atoms with Crippen LogP contribution in [0, 0.1) is 11.8 Å².